The molecule has 6 aliphatic rings. The van der Waals surface area contributed by atoms with Crippen molar-refractivity contribution in [2.75, 3.05) is 33.3 Å². The number of aliphatic hydroxyl groups is 2. The summed E-state index contributed by atoms with van der Waals surface area (Å²) in [5, 5.41) is 41.7. The third-order valence-corrected chi connectivity index (χ3v) is 11.7. The molecule has 0 saturated heterocycles. The van der Waals surface area contributed by atoms with Crippen molar-refractivity contribution in [3.63, 3.8) is 0 Å². The fourth-order valence-corrected chi connectivity index (χ4v) is 9.42. The summed E-state index contributed by atoms with van der Waals surface area (Å²) in [6.07, 6.45) is 11.6. The lowest BCUT2D eigenvalue weighted by molar-refractivity contribution is -0.0903. The molecular formula is C39H42N2O8. The standard InChI is InChI=1S/C39H42N2O8/c1-38-12-10-20-6-5-7-21(11-13-38)39(20,41-38)49-28-17-26(45-2)22-8-9-23-31-25(40-37(44)34(28)33(22)31)16-27-32(23)35(42)24(18-48-27)19-14-29(46-3)36(43)30(15-19)47-4/h10-17,20-21,24,35,37,40-44H,5-9,18H2,1-4H3. The minimum absolute atomic E-state index is 0.0956. The first kappa shape index (κ1) is 30.7. The summed E-state index contributed by atoms with van der Waals surface area (Å²) in [4.78, 5) is 0. The topological polar surface area (TPSA) is 131 Å². The van der Waals surface area contributed by atoms with E-state index in [0.717, 1.165) is 64.1 Å². The van der Waals surface area contributed by atoms with Crippen molar-refractivity contribution in [3.8, 4) is 45.6 Å². The molecule has 0 amide bonds. The zero-order valence-electron chi connectivity index (χ0n) is 28.1. The van der Waals surface area contributed by atoms with Crippen molar-refractivity contribution in [1.82, 2.24) is 5.32 Å². The molecular weight excluding hydrogens is 624 g/mol. The maximum Gasteiger partial charge on any atom is 0.200 e. The smallest absolute Gasteiger partial charge is 0.200 e. The van der Waals surface area contributed by atoms with Gasteiger partial charge in [0.2, 0.25) is 5.75 Å². The Morgan fingerprint density at radius 1 is 0.816 bits per heavy atom. The van der Waals surface area contributed by atoms with E-state index in [1.165, 1.54) is 14.2 Å². The monoisotopic (exact) mass is 666 g/mol. The number of methoxy groups -OCH3 is 3. The fourth-order valence-electron chi connectivity index (χ4n) is 9.42. The van der Waals surface area contributed by atoms with E-state index < -0.39 is 24.0 Å². The second-order valence-electron chi connectivity index (χ2n) is 14.4. The van der Waals surface area contributed by atoms with Gasteiger partial charge in [-0.3, -0.25) is 5.32 Å². The maximum atomic E-state index is 12.1. The predicted molar refractivity (Wildman–Crippen MR) is 183 cm³/mol. The van der Waals surface area contributed by atoms with Gasteiger partial charge in [-0.2, -0.15) is 0 Å². The van der Waals surface area contributed by atoms with Crippen molar-refractivity contribution in [2.45, 2.75) is 68.5 Å². The van der Waals surface area contributed by atoms with Crippen LogP contribution in [0.3, 0.4) is 0 Å². The van der Waals surface area contributed by atoms with E-state index in [2.05, 4.69) is 41.9 Å². The van der Waals surface area contributed by atoms with Gasteiger partial charge in [0.25, 0.3) is 0 Å². The number of aliphatic hydroxyl groups excluding tert-OH is 2. The predicted octanol–water partition coefficient (Wildman–Crippen LogP) is 5.79. The molecule has 5 N–H and O–H groups in total. The van der Waals surface area contributed by atoms with Crippen molar-refractivity contribution >= 4 is 5.69 Å². The third kappa shape index (κ3) is 4.30. The van der Waals surface area contributed by atoms with Crippen LogP contribution >= 0.6 is 0 Å². The summed E-state index contributed by atoms with van der Waals surface area (Å²) in [5.41, 5.74) is 5.69. The van der Waals surface area contributed by atoms with Crippen molar-refractivity contribution in [2.24, 2.45) is 11.8 Å². The highest BCUT2D eigenvalue weighted by Gasteiger charge is 2.55. The van der Waals surface area contributed by atoms with Crippen LogP contribution in [-0.2, 0) is 12.8 Å². The Morgan fingerprint density at radius 3 is 2.16 bits per heavy atom. The van der Waals surface area contributed by atoms with Crippen LogP contribution in [-0.4, -0.2) is 54.5 Å². The van der Waals surface area contributed by atoms with E-state index in [-0.39, 0.29) is 41.2 Å². The number of aromatic hydroxyl groups is 1. The molecule has 2 aliphatic carbocycles. The Morgan fingerprint density at radius 2 is 1.49 bits per heavy atom. The normalized spacial score (nSPS) is 31.1. The fraction of sp³-hybridized carbons (Fsp3) is 0.436. The molecule has 9 rings (SSSR count). The Balaban J connectivity index is 1.19. The van der Waals surface area contributed by atoms with Crippen molar-refractivity contribution < 1.29 is 39.0 Å². The Hall–Kier alpha value is -4.38. The summed E-state index contributed by atoms with van der Waals surface area (Å²) in [6, 6.07) is 7.28. The zero-order valence-corrected chi connectivity index (χ0v) is 28.1. The summed E-state index contributed by atoms with van der Waals surface area (Å²) < 4.78 is 30.5. The number of fused-ring (bicyclic) bond motifs is 3. The summed E-state index contributed by atoms with van der Waals surface area (Å²) in [5.74, 6) is 2.20. The molecule has 0 radical (unpaired) electrons. The molecule has 4 heterocycles. The SMILES string of the molecule is COc1cc(C2COc3cc4c5c(c3C2O)CCc2c(OC)cc(OC36NC7(C)C=CC3CCCC6C=C7)c(c2-5)C(O)N4)cc(OC)c1O. The molecule has 1 fully saturated rings. The first-order valence-electron chi connectivity index (χ1n) is 17.2. The zero-order chi connectivity index (χ0) is 33.8. The second-order valence-corrected chi connectivity index (χ2v) is 14.4. The van der Waals surface area contributed by atoms with Crippen LogP contribution in [0.2, 0.25) is 0 Å². The van der Waals surface area contributed by atoms with Gasteiger partial charge < -0.3 is 44.3 Å². The highest BCUT2D eigenvalue weighted by molar-refractivity contribution is 5.93. The Kier molecular flexibility index (Phi) is 6.76. The largest absolute Gasteiger partial charge is 0.502 e. The first-order chi connectivity index (χ1) is 23.7. The molecule has 3 aromatic carbocycles. The average molecular weight is 667 g/mol. The van der Waals surface area contributed by atoms with E-state index in [0.29, 0.717) is 29.9 Å². The molecule has 5 unspecified atom stereocenters. The number of hydrogen-bond acceptors (Lipinski definition) is 10. The highest BCUT2D eigenvalue weighted by Crippen LogP contribution is 2.59. The van der Waals surface area contributed by atoms with Gasteiger partial charge in [-0.15, -0.1) is 0 Å². The van der Waals surface area contributed by atoms with E-state index >= 15 is 0 Å². The first-order valence-corrected chi connectivity index (χ1v) is 17.2. The number of nitrogens with one attached hydrogen (secondary N) is 2. The van der Waals surface area contributed by atoms with E-state index in [9.17, 15) is 15.3 Å². The number of rotatable bonds is 6. The highest BCUT2D eigenvalue weighted by atomic mass is 16.5. The number of ether oxygens (including phenoxy) is 5. The van der Waals surface area contributed by atoms with Gasteiger partial charge in [-0.05, 0) is 55.9 Å². The summed E-state index contributed by atoms with van der Waals surface area (Å²) >= 11 is 0. The third-order valence-electron chi connectivity index (χ3n) is 11.7. The van der Waals surface area contributed by atoms with Crippen molar-refractivity contribution in [3.05, 3.63) is 76.4 Å². The summed E-state index contributed by atoms with van der Waals surface area (Å²) in [7, 11) is 4.65. The molecule has 10 nitrogen and oxygen atoms in total. The van der Waals surface area contributed by atoms with Gasteiger partial charge >= 0.3 is 0 Å². The maximum absolute atomic E-state index is 12.1. The Labute approximate surface area is 285 Å². The van der Waals surface area contributed by atoms with Crippen LogP contribution in [0.1, 0.15) is 72.3 Å². The minimum atomic E-state index is -1.04. The van der Waals surface area contributed by atoms with Gasteiger partial charge in [-0.1, -0.05) is 30.7 Å². The van der Waals surface area contributed by atoms with Gasteiger partial charge in [0.05, 0.1) is 45.1 Å². The molecule has 256 valence electrons. The molecule has 10 heteroatoms. The lowest BCUT2D eigenvalue weighted by atomic mass is 9.66. The lowest BCUT2D eigenvalue weighted by Crippen LogP contribution is -2.70. The molecule has 49 heavy (non-hydrogen) atoms. The lowest BCUT2D eigenvalue weighted by Gasteiger charge is -2.56. The van der Waals surface area contributed by atoms with Crippen molar-refractivity contribution in [1.29, 1.82) is 0 Å². The van der Waals surface area contributed by atoms with Gasteiger partial charge in [0, 0.05) is 57.8 Å². The van der Waals surface area contributed by atoms with Crippen LogP contribution in [0.4, 0.5) is 5.69 Å². The van der Waals surface area contributed by atoms with Crippen LogP contribution in [0.25, 0.3) is 11.1 Å². The van der Waals surface area contributed by atoms with E-state index in [1.54, 1.807) is 19.2 Å². The summed E-state index contributed by atoms with van der Waals surface area (Å²) in [6.45, 7) is 2.37. The van der Waals surface area contributed by atoms with E-state index in [4.69, 9.17) is 23.7 Å². The number of hydrogen-bond donors (Lipinski definition) is 5. The number of phenols is 1. The quantitative estimate of drug-likeness (QED) is 0.206. The molecule has 5 atom stereocenters. The molecule has 3 aromatic rings. The molecule has 1 saturated carbocycles. The Bertz CT molecular complexity index is 1900. The van der Waals surface area contributed by atoms with Gasteiger partial charge in [0.1, 0.15) is 17.2 Å². The second kappa shape index (κ2) is 10.8. The van der Waals surface area contributed by atoms with Crippen LogP contribution in [0.5, 0.6) is 34.5 Å². The number of anilines is 1. The van der Waals surface area contributed by atoms with Crippen LogP contribution in [0, 0.1) is 11.8 Å². The van der Waals surface area contributed by atoms with Gasteiger partial charge in [0.15, 0.2) is 23.5 Å². The number of phenolic OH excluding ortho intramolecular Hbond substituents is 1. The molecule has 0 aromatic heterocycles. The van der Waals surface area contributed by atoms with Crippen LogP contribution < -0.4 is 34.3 Å². The average Bonchev–Trinajstić information content (AvgIpc) is 3.10. The number of benzene rings is 3. The van der Waals surface area contributed by atoms with Gasteiger partial charge in [-0.25, -0.2) is 0 Å². The van der Waals surface area contributed by atoms with E-state index in [1.807, 2.05) is 12.1 Å². The van der Waals surface area contributed by atoms with Crippen LogP contribution in [0.15, 0.2) is 48.6 Å². The minimum Gasteiger partial charge on any atom is -0.502 e. The molecule has 0 spiro atoms. The molecule has 4 aliphatic heterocycles. The molecule has 2 bridgehead atoms.